The molecule has 0 atom stereocenters. The minimum absolute atomic E-state index is 0.0950. The van der Waals surface area contributed by atoms with Crippen LogP contribution < -0.4 is 11.3 Å². The third-order valence-electron chi connectivity index (χ3n) is 8.63. The molecule has 0 bridgehead atoms. The predicted octanol–water partition coefficient (Wildman–Crippen LogP) is 4.42. The number of phenolic OH excluding ortho intramolecular Hbond substituents is 1. The summed E-state index contributed by atoms with van der Waals surface area (Å²) in [6.07, 6.45) is 2.90. The molecule has 1 fully saturated rings. The van der Waals surface area contributed by atoms with Crippen LogP contribution in [0.4, 0.5) is 5.82 Å². The monoisotopic (exact) mass is 664 g/mol. The molecule has 1 aliphatic heterocycles. The fourth-order valence-corrected chi connectivity index (χ4v) is 6.36. The number of morpholine rings is 1. The Morgan fingerprint density at radius 1 is 0.938 bits per heavy atom. The molecule has 13 heteroatoms. The SMILES string of the molecule is Nc1ncnc2c1c(-c1ccc(O)cc1)nn2Cc1nc2cccc(CCCC(=O)N3CCOCC3)c2c(=O)n1Cc1ccccc1Cl. The van der Waals surface area contributed by atoms with Gasteiger partial charge in [0.1, 0.15) is 36.0 Å². The van der Waals surface area contributed by atoms with Crippen molar-refractivity contribution >= 4 is 45.3 Å². The molecule has 7 rings (SSSR count). The fourth-order valence-electron chi connectivity index (χ4n) is 6.16. The number of carbonyl (C=O) groups is 1. The zero-order chi connectivity index (χ0) is 33.2. The van der Waals surface area contributed by atoms with Gasteiger partial charge in [0.25, 0.3) is 5.56 Å². The first-order valence-corrected chi connectivity index (χ1v) is 16.1. The van der Waals surface area contributed by atoms with Crippen molar-refractivity contribution in [1.82, 2.24) is 34.2 Å². The third-order valence-corrected chi connectivity index (χ3v) is 8.99. The van der Waals surface area contributed by atoms with Gasteiger partial charge in [0.2, 0.25) is 5.91 Å². The average molecular weight is 665 g/mol. The second kappa shape index (κ2) is 13.4. The highest BCUT2D eigenvalue weighted by Crippen LogP contribution is 2.31. The number of hydrogen-bond acceptors (Lipinski definition) is 9. The number of phenols is 1. The van der Waals surface area contributed by atoms with E-state index in [0.29, 0.717) is 84.0 Å². The number of fused-ring (bicyclic) bond motifs is 2. The Hall–Kier alpha value is -5.33. The quantitative estimate of drug-likeness (QED) is 0.229. The molecule has 4 heterocycles. The average Bonchev–Trinajstić information content (AvgIpc) is 3.47. The van der Waals surface area contributed by atoms with E-state index in [-0.39, 0.29) is 36.1 Å². The number of ether oxygens (including phenoxy) is 1. The molecular formula is C35H33ClN8O4. The first-order chi connectivity index (χ1) is 23.4. The second-order valence-electron chi connectivity index (χ2n) is 11.7. The van der Waals surface area contributed by atoms with Gasteiger partial charge in [0.15, 0.2) is 5.65 Å². The van der Waals surface area contributed by atoms with Crippen molar-refractivity contribution in [3.8, 4) is 17.0 Å². The maximum atomic E-state index is 14.5. The minimum atomic E-state index is -0.214. The molecule has 0 aliphatic carbocycles. The smallest absolute Gasteiger partial charge is 0.262 e. The van der Waals surface area contributed by atoms with Crippen molar-refractivity contribution in [2.24, 2.45) is 0 Å². The van der Waals surface area contributed by atoms with Gasteiger partial charge in [-0.2, -0.15) is 5.10 Å². The van der Waals surface area contributed by atoms with Crippen molar-refractivity contribution in [3.05, 3.63) is 105 Å². The minimum Gasteiger partial charge on any atom is -0.508 e. The van der Waals surface area contributed by atoms with E-state index in [9.17, 15) is 14.7 Å². The summed E-state index contributed by atoms with van der Waals surface area (Å²) in [7, 11) is 0. The van der Waals surface area contributed by atoms with Crippen LogP contribution in [0.25, 0.3) is 33.2 Å². The summed E-state index contributed by atoms with van der Waals surface area (Å²) in [5, 5.41) is 16.3. The molecule has 0 spiro atoms. The van der Waals surface area contributed by atoms with E-state index in [1.54, 1.807) is 39.6 Å². The molecule has 244 valence electrons. The lowest BCUT2D eigenvalue weighted by Crippen LogP contribution is -2.40. The van der Waals surface area contributed by atoms with Crippen LogP contribution in [0.15, 0.2) is 77.9 Å². The Balaban J connectivity index is 1.29. The largest absolute Gasteiger partial charge is 0.508 e. The zero-order valence-corrected chi connectivity index (χ0v) is 26.8. The molecular weight excluding hydrogens is 632 g/mol. The fraction of sp³-hybridized carbons (Fsp3) is 0.257. The number of hydrogen-bond donors (Lipinski definition) is 2. The molecule has 3 N–H and O–H groups in total. The topological polar surface area (TPSA) is 154 Å². The van der Waals surface area contributed by atoms with Crippen molar-refractivity contribution < 1.29 is 14.6 Å². The maximum absolute atomic E-state index is 14.5. The molecule has 6 aromatic rings. The Labute approximate surface area is 280 Å². The van der Waals surface area contributed by atoms with Crippen LogP contribution in [0, 0.1) is 0 Å². The van der Waals surface area contributed by atoms with Crippen LogP contribution in [-0.4, -0.2) is 71.5 Å². The summed E-state index contributed by atoms with van der Waals surface area (Å²) in [5.74, 6) is 0.924. The number of halogens is 1. The standard InChI is InChI=1S/C35H33ClN8O4/c36-26-8-2-1-5-24(26)19-43-28(20-44-34-31(33(37)38-21-39-34)32(41-44)23-11-13-25(45)14-12-23)40-27-9-3-6-22(30(27)35(43)47)7-4-10-29(46)42-15-17-48-18-16-42/h1-3,5-6,8-9,11-14,21,45H,4,7,10,15-20H2,(H2,37,38,39). The highest BCUT2D eigenvalue weighted by Gasteiger charge is 2.22. The Bertz CT molecular complexity index is 2190. The lowest BCUT2D eigenvalue weighted by Gasteiger charge is -2.26. The first-order valence-electron chi connectivity index (χ1n) is 15.7. The van der Waals surface area contributed by atoms with Gasteiger partial charge in [0.05, 0.1) is 36.0 Å². The van der Waals surface area contributed by atoms with E-state index >= 15 is 0 Å². The van der Waals surface area contributed by atoms with Gasteiger partial charge in [-0.05, 0) is 60.4 Å². The maximum Gasteiger partial charge on any atom is 0.262 e. The van der Waals surface area contributed by atoms with Gasteiger partial charge in [-0.25, -0.2) is 19.6 Å². The van der Waals surface area contributed by atoms with E-state index in [1.807, 2.05) is 41.3 Å². The number of nitrogens with zero attached hydrogens (tertiary/aromatic N) is 7. The Morgan fingerprint density at radius 3 is 2.50 bits per heavy atom. The van der Waals surface area contributed by atoms with Crippen LogP contribution in [0.2, 0.25) is 5.02 Å². The van der Waals surface area contributed by atoms with E-state index in [2.05, 4.69) is 9.97 Å². The molecule has 1 amide bonds. The van der Waals surface area contributed by atoms with E-state index in [1.165, 1.54) is 6.33 Å². The highest BCUT2D eigenvalue weighted by atomic mass is 35.5. The van der Waals surface area contributed by atoms with Crippen LogP contribution in [0.3, 0.4) is 0 Å². The summed E-state index contributed by atoms with van der Waals surface area (Å²) in [5.41, 5.74) is 9.99. The number of aryl methyl sites for hydroxylation is 1. The molecule has 12 nitrogen and oxygen atoms in total. The number of aromatic nitrogens is 6. The van der Waals surface area contributed by atoms with Crippen molar-refractivity contribution in [2.75, 3.05) is 32.0 Å². The molecule has 1 aliphatic rings. The third kappa shape index (κ3) is 6.19. The van der Waals surface area contributed by atoms with Gasteiger partial charge in [-0.1, -0.05) is 41.9 Å². The summed E-state index contributed by atoms with van der Waals surface area (Å²) in [4.78, 5) is 42.8. The summed E-state index contributed by atoms with van der Waals surface area (Å²) in [6, 6.07) is 19.7. The second-order valence-corrected chi connectivity index (χ2v) is 12.1. The summed E-state index contributed by atoms with van der Waals surface area (Å²) < 4.78 is 8.66. The van der Waals surface area contributed by atoms with E-state index in [4.69, 9.17) is 32.2 Å². The zero-order valence-electron chi connectivity index (χ0n) is 26.0. The molecule has 48 heavy (non-hydrogen) atoms. The van der Waals surface area contributed by atoms with Gasteiger partial charge < -0.3 is 20.5 Å². The molecule has 0 unspecified atom stereocenters. The first kappa shape index (κ1) is 31.3. The highest BCUT2D eigenvalue weighted by molar-refractivity contribution is 6.31. The van der Waals surface area contributed by atoms with E-state index in [0.717, 1.165) is 16.7 Å². The van der Waals surface area contributed by atoms with Crippen LogP contribution >= 0.6 is 11.6 Å². The normalized spacial score (nSPS) is 13.4. The van der Waals surface area contributed by atoms with Gasteiger partial charge in [-0.15, -0.1) is 0 Å². The van der Waals surface area contributed by atoms with Crippen LogP contribution in [0.1, 0.15) is 29.8 Å². The lowest BCUT2D eigenvalue weighted by molar-refractivity contribution is -0.135. The van der Waals surface area contributed by atoms with Crippen LogP contribution in [-0.2, 0) is 29.0 Å². The summed E-state index contributed by atoms with van der Waals surface area (Å²) in [6.45, 7) is 2.60. The Morgan fingerprint density at radius 2 is 1.71 bits per heavy atom. The number of anilines is 1. The molecule has 0 saturated carbocycles. The number of aromatic hydroxyl groups is 1. The van der Waals surface area contributed by atoms with Crippen molar-refractivity contribution in [2.45, 2.75) is 32.4 Å². The van der Waals surface area contributed by atoms with Gasteiger partial charge in [0, 0.05) is 30.1 Å². The Kier molecular flexibility index (Phi) is 8.74. The van der Waals surface area contributed by atoms with E-state index < -0.39 is 0 Å². The molecule has 3 aromatic carbocycles. The lowest BCUT2D eigenvalue weighted by atomic mass is 10.0. The summed E-state index contributed by atoms with van der Waals surface area (Å²) >= 11 is 6.58. The number of carbonyl (C=O) groups excluding carboxylic acids is 1. The number of rotatable bonds is 9. The van der Waals surface area contributed by atoms with Gasteiger partial charge >= 0.3 is 0 Å². The predicted molar refractivity (Wildman–Crippen MR) is 183 cm³/mol. The number of benzene rings is 3. The number of amides is 1. The molecule has 1 saturated heterocycles. The molecule has 0 radical (unpaired) electrons. The number of nitrogen functional groups attached to an aromatic ring is 1. The number of nitrogens with two attached hydrogens (primary N) is 1. The van der Waals surface area contributed by atoms with Gasteiger partial charge in [-0.3, -0.25) is 14.2 Å². The van der Waals surface area contributed by atoms with Crippen molar-refractivity contribution in [1.29, 1.82) is 0 Å². The van der Waals surface area contributed by atoms with Crippen molar-refractivity contribution in [3.63, 3.8) is 0 Å². The molecule has 3 aromatic heterocycles. The van der Waals surface area contributed by atoms with Crippen LogP contribution in [0.5, 0.6) is 5.75 Å².